The van der Waals surface area contributed by atoms with Crippen molar-refractivity contribution in [3.8, 4) is 0 Å². The van der Waals surface area contributed by atoms with E-state index in [-0.39, 0.29) is 5.91 Å². The molecule has 2 N–H and O–H groups in total. The van der Waals surface area contributed by atoms with Crippen LogP contribution in [-0.4, -0.2) is 56.9 Å². The Kier molecular flexibility index (Phi) is 2.88. The molecule has 0 unspecified atom stereocenters. The van der Waals surface area contributed by atoms with Crippen LogP contribution in [0.25, 0.3) is 10.3 Å². The predicted octanol–water partition coefficient (Wildman–Crippen LogP) is 1.31. The summed E-state index contributed by atoms with van der Waals surface area (Å²) in [6.07, 6.45) is 3.55. The number of aromatic nitrogens is 4. The number of nitrogens with one attached hydrogen (secondary N) is 2. The van der Waals surface area contributed by atoms with Gasteiger partial charge >= 0.3 is 0 Å². The number of fused-ring (bicyclic) bond motifs is 1. The van der Waals surface area contributed by atoms with Crippen LogP contribution < -0.4 is 4.90 Å². The standard InChI is InChI=1S/C13H14N6OS/c20-12(9-7-10-11(17-9)16-8-21-10)18-3-5-19(6-4-18)13-14-1-2-15-13/h1-2,7-8,17H,3-6H2,(H,14,15). The molecular weight excluding hydrogens is 288 g/mol. The summed E-state index contributed by atoms with van der Waals surface area (Å²) in [5, 5.41) is 0. The van der Waals surface area contributed by atoms with Crippen molar-refractivity contribution in [2.75, 3.05) is 31.1 Å². The van der Waals surface area contributed by atoms with Crippen LogP contribution in [0.2, 0.25) is 0 Å². The molecule has 0 atom stereocenters. The summed E-state index contributed by atoms with van der Waals surface area (Å²) in [6.45, 7) is 2.96. The first kappa shape index (κ1) is 12.4. The number of anilines is 1. The van der Waals surface area contributed by atoms with Gasteiger partial charge in [0, 0.05) is 38.6 Å². The van der Waals surface area contributed by atoms with Crippen LogP contribution in [0.5, 0.6) is 0 Å². The van der Waals surface area contributed by atoms with Crippen molar-refractivity contribution in [2.45, 2.75) is 0 Å². The molecule has 1 saturated heterocycles. The monoisotopic (exact) mass is 302 g/mol. The summed E-state index contributed by atoms with van der Waals surface area (Å²) in [5.41, 5.74) is 3.19. The van der Waals surface area contributed by atoms with E-state index in [0.717, 1.165) is 29.4 Å². The number of amides is 1. The first-order chi connectivity index (χ1) is 10.3. The van der Waals surface area contributed by atoms with E-state index in [1.54, 1.807) is 11.7 Å². The van der Waals surface area contributed by atoms with Crippen LogP contribution in [-0.2, 0) is 0 Å². The van der Waals surface area contributed by atoms with Gasteiger partial charge in [0.1, 0.15) is 11.3 Å². The number of carbonyl (C=O) groups excluding carboxylic acids is 1. The zero-order valence-electron chi connectivity index (χ0n) is 11.2. The molecule has 1 aliphatic heterocycles. The number of piperazine rings is 1. The van der Waals surface area contributed by atoms with Crippen LogP contribution in [0, 0.1) is 0 Å². The van der Waals surface area contributed by atoms with Gasteiger partial charge in [0.2, 0.25) is 5.95 Å². The Labute approximate surface area is 124 Å². The van der Waals surface area contributed by atoms with E-state index in [2.05, 4.69) is 24.8 Å². The zero-order chi connectivity index (χ0) is 14.2. The quantitative estimate of drug-likeness (QED) is 0.748. The third kappa shape index (κ3) is 2.17. The van der Waals surface area contributed by atoms with E-state index in [4.69, 9.17) is 0 Å². The average molecular weight is 302 g/mol. The summed E-state index contributed by atoms with van der Waals surface area (Å²) in [4.78, 5) is 31.1. The number of carbonyl (C=O) groups is 1. The van der Waals surface area contributed by atoms with Crippen molar-refractivity contribution in [3.05, 3.63) is 29.7 Å². The van der Waals surface area contributed by atoms with Crippen LogP contribution in [0.15, 0.2) is 24.0 Å². The van der Waals surface area contributed by atoms with E-state index in [1.807, 2.05) is 17.2 Å². The fourth-order valence-corrected chi connectivity index (χ4v) is 3.26. The molecule has 1 aliphatic rings. The van der Waals surface area contributed by atoms with Crippen LogP contribution in [0.3, 0.4) is 0 Å². The third-order valence-corrected chi connectivity index (χ3v) is 4.48. The molecule has 8 heteroatoms. The van der Waals surface area contributed by atoms with Crippen molar-refractivity contribution >= 4 is 33.5 Å². The maximum Gasteiger partial charge on any atom is 0.270 e. The van der Waals surface area contributed by atoms with Gasteiger partial charge in [-0.1, -0.05) is 0 Å². The smallest absolute Gasteiger partial charge is 0.270 e. The van der Waals surface area contributed by atoms with Crippen LogP contribution in [0.1, 0.15) is 10.5 Å². The fraction of sp³-hybridized carbons (Fsp3) is 0.308. The molecule has 0 aliphatic carbocycles. The summed E-state index contributed by atoms with van der Waals surface area (Å²) in [7, 11) is 0. The Morgan fingerprint density at radius 1 is 1.24 bits per heavy atom. The average Bonchev–Trinajstić information content (AvgIpc) is 3.23. The molecular formula is C13H14N6OS. The Hall–Kier alpha value is -2.35. The summed E-state index contributed by atoms with van der Waals surface area (Å²) >= 11 is 1.54. The topological polar surface area (TPSA) is 80.9 Å². The van der Waals surface area contributed by atoms with Crippen molar-refractivity contribution in [1.82, 2.24) is 24.8 Å². The molecule has 3 aromatic heterocycles. The van der Waals surface area contributed by atoms with Crippen molar-refractivity contribution in [1.29, 1.82) is 0 Å². The number of imidazole rings is 1. The third-order valence-electron chi connectivity index (χ3n) is 3.70. The lowest BCUT2D eigenvalue weighted by molar-refractivity contribution is 0.0741. The number of nitrogens with zero attached hydrogens (tertiary/aromatic N) is 4. The molecule has 0 aromatic carbocycles. The second kappa shape index (κ2) is 4.88. The van der Waals surface area contributed by atoms with E-state index < -0.39 is 0 Å². The number of H-pyrrole nitrogens is 2. The van der Waals surface area contributed by atoms with Crippen LogP contribution >= 0.6 is 11.3 Å². The highest BCUT2D eigenvalue weighted by molar-refractivity contribution is 7.16. The highest BCUT2D eigenvalue weighted by Crippen LogP contribution is 2.20. The lowest BCUT2D eigenvalue weighted by Crippen LogP contribution is -2.49. The van der Waals surface area contributed by atoms with Gasteiger partial charge in [-0.3, -0.25) is 4.79 Å². The molecule has 0 spiro atoms. The largest absolute Gasteiger partial charge is 0.339 e. The van der Waals surface area contributed by atoms with Gasteiger partial charge in [0.05, 0.1) is 10.2 Å². The predicted molar refractivity (Wildman–Crippen MR) is 80.7 cm³/mol. The normalized spacial score (nSPS) is 15.8. The number of hydrogen-bond donors (Lipinski definition) is 2. The highest BCUT2D eigenvalue weighted by atomic mass is 32.1. The lowest BCUT2D eigenvalue weighted by Gasteiger charge is -2.34. The summed E-state index contributed by atoms with van der Waals surface area (Å²) in [6, 6.07) is 1.88. The molecule has 3 aromatic rings. The highest BCUT2D eigenvalue weighted by Gasteiger charge is 2.24. The number of aromatic amines is 2. The Balaban J connectivity index is 1.46. The lowest BCUT2D eigenvalue weighted by atomic mass is 10.3. The minimum Gasteiger partial charge on any atom is -0.339 e. The van der Waals surface area contributed by atoms with E-state index >= 15 is 0 Å². The van der Waals surface area contributed by atoms with E-state index in [9.17, 15) is 4.79 Å². The van der Waals surface area contributed by atoms with Gasteiger partial charge in [-0.15, -0.1) is 11.3 Å². The van der Waals surface area contributed by atoms with Gasteiger partial charge in [0.25, 0.3) is 5.91 Å². The molecule has 0 saturated carbocycles. The summed E-state index contributed by atoms with van der Waals surface area (Å²) in [5.74, 6) is 0.908. The van der Waals surface area contributed by atoms with Gasteiger partial charge in [-0.25, -0.2) is 9.97 Å². The minimum absolute atomic E-state index is 0.0410. The molecule has 21 heavy (non-hydrogen) atoms. The maximum absolute atomic E-state index is 12.5. The SMILES string of the molecule is O=C(c1cc2scnc2[nH]1)N1CCN(c2ncc[nH]2)CC1. The zero-order valence-corrected chi connectivity index (χ0v) is 12.1. The number of rotatable bonds is 2. The first-order valence-corrected chi connectivity index (χ1v) is 7.65. The van der Waals surface area contributed by atoms with Gasteiger partial charge in [-0.05, 0) is 6.07 Å². The Bertz CT molecular complexity index is 724. The molecule has 0 radical (unpaired) electrons. The maximum atomic E-state index is 12.5. The molecule has 108 valence electrons. The summed E-state index contributed by atoms with van der Waals surface area (Å²) < 4.78 is 1.02. The molecule has 0 bridgehead atoms. The molecule has 1 fully saturated rings. The fourth-order valence-electron chi connectivity index (χ4n) is 2.58. The van der Waals surface area contributed by atoms with Gasteiger partial charge < -0.3 is 19.8 Å². The van der Waals surface area contributed by atoms with Gasteiger partial charge in [0.15, 0.2) is 0 Å². The second-order valence-electron chi connectivity index (χ2n) is 4.94. The van der Waals surface area contributed by atoms with E-state index in [0.29, 0.717) is 18.8 Å². The van der Waals surface area contributed by atoms with E-state index in [1.165, 1.54) is 11.3 Å². The Morgan fingerprint density at radius 3 is 2.81 bits per heavy atom. The van der Waals surface area contributed by atoms with Gasteiger partial charge in [-0.2, -0.15) is 0 Å². The molecule has 4 rings (SSSR count). The number of hydrogen-bond acceptors (Lipinski definition) is 5. The molecule has 4 heterocycles. The van der Waals surface area contributed by atoms with Crippen molar-refractivity contribution in [2.24, 2.45) is 0 Å². The number of thiazole rings is 1. The second-order valence-corrected chi connectivity index (χ2v) is 5.83. The van der Waals surface area contributed by atoms with Crippen molar-refractivity contribution in [3.63, 3.8) is 0 Å². The molecule has 1 amide bonds. The Morgan fingerprint density at radius 2 is 2.10 bits per heavy atom. The van der Waals surface area contributed by atoms with Crippen LogP contribution in [0.4, 0.5) is 5.95 Å². The van der Waals surface area contributed by atoms with Crippen molar-refractivity contribution < 1.29 is 4.79 Å². The first-order valence-electron chi connectivity index (χ1n) is 6.77. The molecule has 7 nitrogen and oxygen atoms in total. The minimum atomic E-state index is 0.0410.